The van der Waals surface area contributed by atoms with Crippen LogP contribution in [0.5, 0.6) is 0 Å². The second-order valence-corrected chi connectivity index (χ2v) is 3.95. The smallest absolute Gasteiger partial charge is 0.292 e. The van der Waals surface area contributed by atoms with Gasteiger partial charge in [-0.2, -0.15) is 8.78 Å². The highest BCUT2D eigenvalue weighted by Crippen LogP contribution is 2.25. The Labute approximate surface area is 96.8 Å². The summed E-state index contributed by atoms with van der Waals surface area (Å²) in [5.41, 5.74) is 0.153. The van der Waals surface area contributed by atoms with E-state index in [4.69, 9.17) is 0 Å². The predicted octanol–water partition coefficient (Wildman–Crippen LogP) is 2.86. The highest BCUT2D eigenvalue weighted by atomic mass is 79.9. The lowest BCUT2D eigenvalue weighted by atomic mass is 10.1. The zero-order chi connectivity index (χ0) is 12.3. The van der Waals surface area contributed by atoms with Gasteiger partial charge >= 0.3 is 12.3 Å². The van der Waals surface area contributed by atoms with Gasteiger partial charge in [-0.1, -0.05) is 0 Å². The van der Waals surface area contributed by atoms with E-state index in [2.05, 4.69) is 20.9 Å². The van der Waals surface area contributed by atoms with Crippen LogP contribution in [0.25, 0.3) is 0 Å². The van der Waals surface area contributed by atoms with Crippen LogP contribution in [0.2, 0.25) is 0 Å². The van der Waals surface area contributed by atoms with E-state index in [1.54, 1.807) is 0 Å². The van der Waals surface area contributed by atoms with E-state index in [9.17, 15) is 22.4 Å². The van der Waals surface area contributed by atoms with Crippen molar-refractivity contribution in [2.24, 2.45) is 0 Å². The van der Waals surface area contributed by atoms with E-state index in [0.29, 0.717) is 4.47 Å². The summed E-state index contributed by atoms with van der Waals surface area (Å²) in [5, 5.41) is 0. The van der Waals surface area contributed by atoms with Crippen LogP contribution in [0.4, 0.5) is 17.6 Å². The summed E-state index contributed by atoms with van der Waals surface area (Å²) in [6.07, 6.45) is -2.20. The van der Waals surface area contributed by atoms with Gasteiger partial charge in [-0.05, 0) is 27.6 Å². The average Bonchev–Trinajstić information content (AvgIpc) is 2.17. The lowest BCUT2D eigenvalue weighted by Gasteiger charge is -2.13. The number of hydrogen-bond acceptors (Lipinski definition) is 2. The minimum absolute atomic E-state index is 0.153. The first-order chi connectivity index (χ1) is 7.34. The minimum atomic E-state index is -4.61. The average molecular weight is 300 g/mol. The van der Waals surface area contributed by atoms with Gasteiger partial charge in [0.1, 0.15) is 0 Å². The molecule has 0 radical (unpaired) electrons. The number of aromatic nitrogens is 1. The quantitative estimate of drug-likeness (QED) is 0.800. The van der Waals surface area contributed by atoms with Gasteiger partial charge in [-0.15, -0.1) is 0 Å². The maximum Gasteiger partial charge on any atom is 0.364 e. The van der Waals surface area contributed by atoms with Crippen LogP contribution in [0.3, 0.4) is 0 Å². The van der Waals surface area contributed by atoms with Gasteiger partial charge < -0.3 is 0 Å². The predicted molar refractivity (Wildman–Crippen MR) is 51.6 cm³/mol. The summed E-state index contributed by atoms with van der Waals surface area (Å²) >= 11 is 3.02. The molecule has 0 aliphatic carbocycles. The van der Waals surface area contributed by atoms with Crippen LogP contribution < -0.4 is 0 Å². The lowest BCUT2D eigenvalue weighted by molar-refractivity contribution is -0.166. The van der Waals surface area contributed by atoms with Crippen LogP contribution in [0.1, 0.15) is 5.56 Å². The van der Waals surface area contributed by atoms with E-state index in [1.807, 2.05) is 0 Å². The second-order valence-electron chi connectivity index (χ2n) is 3.04. The SMILES string of the molecule is O=C(Cc1cncc(Br)c1)C(F)(F)C(F)F. The fraction of sp³-hybridized carbons (Fsp3) is 0.333. The molecular formula is C9H6BrF4NO. The molecule has 0 N–H and O–H groups in total. The third-order valence-electron chi connectivity index (χ3n) is 1.77. The number of pyridine rings is 1. The Morgan fingerprint density at radius 2 is 2.06 bits per heavy atom. The topological polar surface area (TPSA) is 30.0 Å². The van der Waals surface area contributed by atoms with E-state index >= 15 is 0 Å². The molecule has 0 saturated heterocycles. The summed E-state index contributed by atoms with van der Waals surface area (Å²) in [6, 6.07) is 1.37. The molecule has 0 aromatic carbocycles. The molecule has 88 valence electrons. The summed E-state index contributed by atoms with van der Waals surface area (Å²) in [5.74, 6) is -6.43. The second kappa shape index (κ2) is 4.90. The zero-order valence-electron chi connectivity index (χ0n) is 7.76. The molecule has 2 nitrogen and oxygen atoms in total. The number of hydrogen-bond donors (Lipinski definition) is 0. The van der Waals surface area contributed by atoms with Crippen LogP contribution in [0.15, 0.2) is 22.9 Å². The minimum Gasteiger partial charge on any atom is -0.292 e. The number of rotatable bonds is 4. The van der Waals surface area contributed by atoms with Gasteiger partial charge in [0.15, 0.2) is 0 Å². The Morgan fingerprint density at radius 1 is 1.44 bits per heavy atom. The van der Waals surface area contributed by atoms with Crippen LogP contribution in [0, 0.1) is 0 Å². The molecule has 0 bridgehead atoms. The Balaban J connectivity index is 2.79. The number of carbonyl (C=O) groups is 1. The highest BCUT2D eigenvalue weighted by molar-refractivity contribution is 9.10. The first-order valence-corrected chi connectivity index (χ1v) is 4.92. The van der Waals surface area contributed by atoms with Crippen molar-refractivity contribution in [3.63, 3.8) is 0 Å². The highest BCUT2D eigenvalue weighted by Gasteiger charge is 2.47. The fourth-order valence-corrected chi connectivity index (χ4v) is 1.39. The number of nitrogens with zero attached hydrogens (tertiary/aromatic N) is 1. The molecule has 1 rings (SSSR count). The number of halogens is 5. The van der Waals surface area contributed by atoms with Crippen molar-refractivity contribution in [3.8, 4) is 0 Å². The van der Waals surface area contributed by atoms with Gasteiger partial charge in [0, 0.05) is 23.3 Å². The van der Waals surface area contributed by atoms with Crippen LogP contribution in [-0.4, -0.2) is 23.1 Å². The standard InChI is InChI=1S/C9H6BrF4NO/c10-6-1-5(3-15-4-6)2-7(16)9(13,14)8(11)12/h1,3-4,8H,2H2. The van der Waals surface area contributed by atoms with Crippen molar-refractivity contribution >= 4 is 21.7 Å². The summed E-state index contributed by atoms with van der Waals surface area (Å²) in [4.78, 5) is 14.5. The zero-order valence-corrected chi connectivity index (χ0v) is 9.35. The number of alkyl halides is 4. The van der Waals surface area contributed by atoms with Gasteiger partial charge in [-0.3, -0.25) is 9.78 Å². The summed E-state index contributed by atoms with van der Waals surface area (Å²) in [6.45, 7) is 0. The molecule has 0 aliphatic rings. The third kappa shape index (κ3) is 3.01. The summed E-state index contributed by atoms with van der Waals surface area (Å²) < 4.78 is 49.4. The van der Waals surface area contributed by atoms with Gasteiger partial charge in [0.2, 0.25) is 5.78 Å². The van der Waals surface area contributed by atoms with Crippen molar-refractivity contribution < 1.29 is 22.4 Å². The molecule has 1 aromatic rings. The van der Waals surface area contributed by atoms with Crippen molar-refractivity contribution in [1.82, 2.24) is 4.98 Å². The van der Waals surface area contributed by atoms with Crippen LogP contribution >= 0.6 is 15.9 Å². The maximum atomic E-state index is 12.6. The molecule has 0 saturated carbocycles. The number of carbonyl (C=O) groups excluding carboxylic acids is 1. The largest absolute Gasteiger partial charge is 0.364 e. The number of Topliss-reactive ketones (excluding diaryl/α,β-unsaturated/α-hetero) is 1. The van der Waals surface area contributed by atoms with Gasteiger partial charge in [0.05, 0.1) is 0 Å². The van der Waals surface area contributed by atoms with Crippen molar-refractivity contribution in [2.45, 2.75) is 18.8 Å². The Morgan fingerprint density at radius 3 is 2.56 bits per heavy atom. The van der Waals surface area contributed by atoms with E-state index in [-0.39, 0.29) is 5.56 Å². The van der Waals surface area contributed by atoms with E-state index in [0.717, 1.165) is 0 Å². The molecule has 0 amide bonds. The lowest BCUT2D eigenvalue weighted by Crippen LogP contribution is -2.37. The van der Waals surface area contributed by atoms with Crippen molar-refractivity contribution in [3.05, 3.63) is 28.5 Å². The van der Waals surface area contributed by atoms with E-state index < -0.39 is 24.6 Å². The number of ketones is 1. The molecule has 16 heavy (non-hydrogen) atoms. The molecule has 1 aromatic heterocycles. The maximum absolute atomic E-state index is 12.6. The van der Waals surface area contributed by atoms with Crippen molar-refractivity contribution in [1.29, 1.82) is 0 Å². The Hall–Kier alpha value is -0.980. The normalized spacial score (nSPS) is 11.9. The summed E-state index contributed by atoms with van der Waals surface area (Å²) in [7, 11) is 0. The van der Waals surface area contributed by atoms with Crippen molar-refractivity contribution in [2.75, 3.05) is 0 Å². The Bertz CT molecular complexity index is 397. The molecule has 7 heteroatoms. The molecule has 0 fully saturated rings. The van der Waals surface area contributed by atoms with E-state index in [1.165, 1.54) is 18.5 Å². The van der Waals surface area contributed by atoms with Gasteiger partial charge in [0.25, 0.3) is 0 Å². The molecule has 0 atom stereocenters. The first-order valence-electron chi connectivity index (χ1n) is 4.12. The molecule has 0 spiro atoms. The van der Waals surface area contributed by atoms with Crippen LogP contribution in [-0.2, 0) is 11.2 Å². The first kappa shape index (κ1) is 13.1. The molecule has 1 heterocycles. The van der Waals surface area contributed by atoms with Gasteiger partial charge in [-0.25, -0.2) is 8.78 Å². The fourth-order valence-electron chi connectivity index (χ4n) is 0.977. The molecule has 0 unspecified atom stereocenters. The Kier molecular flexibility index (Phi) is 4.01. The monoisotopic (exact) mass is 299 g/mol. The molecular weight excluding hydrogens is 294 g/mol. The molecule has 0 aliphatic heterocycles. The third-order valence-corrected chi connectivity index (χ3v) is 2.21.